The second-order valence-electron chi connectivity index (χ2n) is 14.3. The fourth-order valence-electron chi connectivity index (χ4n) is 7.25. The van der Waals surface area contributed by atoms with E-state index in [4.69, 9.17) is 23.9 Å². The lowest BCUT2D eigenvalue weighted by Crippen LogP contribution is -2.53. The van der Waals surface area contributed by atoms with Crippen LogP contribution in [0.3, 0.4) is 0 Å². The molecular weight excluding hydrogens is 711 g/mol. The van der Waals surface area contributed by atoms with E-state index in [1.54, 1.807) is 24.7 Å². The summed E-state index contributed by atoms with van der Waals surface area (Å²) >= 11 is 0. The molecule has 0 spiro atoms. The summed E-state index contributed by atoms with van der Waals surface area (Å²) in [5.41, 5.74) is 2.86. The van der Waals surface area contributed by atoms with Gasteiger partial charge in [-0.25, -0.2) is 14.7 Å². The van der Waals surface area contributed by atoms with Gasteiger partial charge in [-0.15, -0.1) is 0 Å². The second-order valence-corrected chi connectivity index (χ2v) is 14.3. The number of para-hydroxylation sites is 2. The lowest BCUT2D eigenvalue weighted by atomic mass is 9.94. The maximum Gasteiger partial charge on any atom is 0.425 e. The van der Waals surface area contributed by atoms with Gasteiger partial charge in [-0.3, -0.25) is 14.7 Å². The maximum atomic E-state index is 14.1. The Morgan fingerprint density at radius 1 is 0.857 bits per heavy atom. The number of fused-ring (bicyclic) bond motifs is 3. The summed E-state index contributed by atoms with van der Waals surface area (Å²) in [7, 11) is 0. The van der Waals surface area contributed by atoms with Crippen LogP contribution in [0.25, 0.3) is 11.2 Å². The van der Waals surface area contributed by atoms with Gasteiger partial charge in [-0.05, 0) is 42.3 Å². The highest BCUT2D eigenvalue weighted by Crippen LogP contribution is 2.48. The van der Waals surface area contributed by atoms with Gasteiger partial charge in [0.2, 0.25) is 11.9 Å². The van der Waals surface area contributed by atoms with E-state index in [1.165, 1.54) is 4.90 Å². The molecule has 0 aliphatic carbocycles. The number of anilines is 3. The highest BCUT2D eigenvalue weighted by atomic mass is 16.6. The first kappa shape index (κ1) is 37.0. The Balaban J connectivity index is 1.15. The fourth-order valence-corrected chi connectivity index (χ4v) is 7.25. The molecule has 0 radical (unpaired) electrons. The van der Waals surface area contributed by atoms with Gasteiger partial charge in [0.15, 0.2) is 17.4 Å². The van der Waals surface area contributed by atoms with Crippen molar-refractivity contribution in [3.8, 4) is 5.88 Å². The number of amides is 2. The molecule has 2 N–H and O–H groups in total. The predicted molar refractivity (Wildman–Crippen MR) is 210 cm³/mol. The van der Waals surface area contributed by atoms with Crippen LogP contribution in [0, 0.1) is 5.92 Å². The van der Waals surface area contributed by atoms with Gasteiger partial charge in [0, 0.05) is 12.0 Å². The molecule has 2 amide bonds. The average molecular weight is 754 g/mol. The molecule has 2 saturated heterocycles. The van der Waals surface area contributed by atoms with Crippen LogP contribution >= 0.6 is 0 Å². The third-order valence-corrected chi connectivity index (χ3v) is 10.2. The third-order valence-electron chi connectivity index (χ3n) is 10.2. The van der Waals surface area contributed by atoms with Crippen molar-refractivity contribution in [3.05, 3.63) is 139 Å². The maximum absolute atomic E-state index is 14.1. The molecule has 2 bridgehead atoms. The summed E-state index contributed by atoms with van der Waals surface area (Å²) < 4.78 is 28.0. The number of hydrogen-bond donors (Lipinski definition) is 2. The van der Waals surface area contributed by atoms with Crippen molar-refractivity contribution in [1.29, 1.82) is 0 Å². The van der Waals surface area contributed by atoms with E-state index >= 15 is 0 Å². The number of aromatic nitrogens is 4. The summed E-state index contributed by atoms with van der Waals surface area (Å²) in [6.07, 6.45) is -0.245. The molecule has 4 aromatic carbocycles. The molecule has 2 aliphatic heterocycles. The molecule has 13 nitrogen and oxygen atoms in total. The zero-order valence-electron chi connectivity index (χ0n) is 31.3. The molecule has 0 unspecified atom stereocenters. The van der Waals surface area contributed by atoms with Crippen LogP contribution in [-0.2, 0) is 32.2 Å². The van der Waals surface area contributed by atoms with Crippen molar-refractivity contribution in [2.75, 3.05) is 16.8 Å². The minimum atomic E-state index is -0.891. The molecule has 13 heteroatoms. The number of benzene rings is 4. The fraction of sp³-hybridized carbons (Fsp3) is 0.279. The van der Waals surface area contributed by atoms with Crippen LogP contribution in [0.2, 0.25) is 0 Å². The van der Waals surface area contributed by atoms with Crippen molar-refractivity contribution >= 4 is 40.5 Å². The third kappa shape index (κ3) is 7.37. The number of imidazole rings is 1. The van der Waals surface area contributed by atoms with Crippen molar-refractivity contribution in [3.63, 3.8) is 0 Å². The molecule has 2 aromatic heterocycles. The first-order chi connectivity index (χ1) is 27.3. The van der Waals surface area contributed by atoms with E-state index in [2.05, 4.69) is 27.5 Å². The predicted octanol–water partition coefficient (Wildman–Crippen LogP) is 7.19. The Kier molecular flexibility index (Phi) is 10.6. The SMILES string of the molecule is CC(C)C(=O)Nc1nc(OC(=O)N(c2ccccc2)c2ccccc2)c2ncn([C@@H]3O[C@@]4(COCc5ccccc5)[C@@H](C)N[C@@H]3[C@@H]4OCc3ccccc3)c2n1. The zero-order chi connectivity index (χ0) is 38.6. The van der Waals surface area contributed by atoms with Gasteiger partial charge in [0.05, 0.1) is 43.6 Å². The first-order valence-electron chi connectivity index (χ1n) is 18.7. The van der Waals surface area contributed by atoms with Crippen molar-refractivity contribution in [2.45, 2.75) is 64.0 Å². The number of morpholine rings is 1. The number of nitrogens with zero attached hydrogens (tertiary/aromatic N) is 5. The molecule has 4 heterocycles. The number of hydrogen-bond acceptors (Lipinski definition) is 10. The summed E-state index contributed by atoms with van der Waals surface area (Å²) in [6.45, 7) is 6.61. The summed E-state index contributed by atoms with van der Waals surface area (Å²) in [5, 5.41) is 6.49. The smallest absolute Gasteiger partial charge is 0.388 e. The molecule has 2 aliphatic rings. The standard InChI is InChI=1S/C43H43N7O6/c1-28(2)38(51)47-41-46-37-35(39(48-41)55-42(52)50(32-20-12-6-13-21-32)33-22-14-7-15-23-33)44-27-49(37)40-34-36(54-25-31-18-10-5-11-19-31)43(56-40,29(3)45-34)26-53-24-30-16-8-4-9-17-30/h4-23,27-29,34,36,40,45H,24-26H2,1-3H3,(H,46,47,48,51)/t29-,34-,36+,40-,43+/m1/s1. The highest BCUT2D eigenvalue weighted by Gasteiger charge is 2.65. The Morgan fingerprint density at radius 3 is 2.05 bits per heavy atom. The molecular formula is C43H43N7O6. The van der Waals surface area contributed by atoms with Gasteiger partial charge in [-0.1, -0.05) is 111 Å². The molecule has 0 saturated carbocycles. The van der Waals surface area contributed by atoms with Gasteiger partial charge >= 0.3 is 6.09 Å². The second kappa shape index (κ2) is 16.0. The molecule has 56 heavy (non-hydrogen) atoms. The van der Waals surface area contributed by atoms with Gasteiger partial charge < -0.3 is 24.3 Å². The quantitative estimate of drug-likeness (QED) is 0.125. The molecule has 6 aromatic rings. The molecule has 2 fully saturated rings. The lowest BCUT2D eigenvalue weighted by Gasteiger charge is -2.37. The summed E-state index contributed by atoms with van der Waals surface area (Å²) in [5.74, 6) is -0.848. The van der Waals surface area contributed by atoms with Crippen molar-refractivity contribution < 1.29 is 28.5 Å². The zero-order valence-corrected chi connectivity index (χ0v) is 31.3. The van der Waals surface area contributed by atoms with E-state index in [9.17, 15) is 9.59 Å². The minimum absolute atomic E-state index is 0.0472. The Labute approximate surface area is 324 Å². The van der Waals surface area contributed by atoms with Gasteiger partial charge in [0.25, 0.3) is 5.88 Å². The number of ether oxygens (including phenoxy) is 4. The van der Waals surface area contributed by atoms with Crippen LogP contribution in [0.4, 0.5) is 22.1 Å². The first-order valence-corrected chi connectivity index (χ1v) is 18.7. The topological polar surface area (TPSA) is 142 Å². The molecule has 8 rings (SSSR count). The Hall–Kier alpha value is -5.99. The van der Waals surface area contributed by atoms with Crippen LogP contribution in [-0.4, -0.2) is 61.9 Å². The normalized spacial score (nSPS) is 21.4. The van der Waals surface area contributed by atoms with Crippen LogP contribution in [0.5, 0.6) is 5.88 Å². The monoisotopic (exact) mass is 753 g/mol. The summed E-state index contributed by atoms with van der Waals surface area (Å²) in [6, 6.07) is 37.8. The molecule has 286 valence electrons. The number of nitrogens with one attached hydrogen (secondary N) is 2. The minimum Gasteiger partial charge on any atom is -0.388 e. The van der Waals surface area contributed by atoms with E-state index in [1.807, 2.05) is 121 Å². The van der Waals surface area contributed by atoms with E-state index in [0.29, 0.717) is 30.2 Å². The van der Waals surface area contributed by atoms with Crippen molar-refractivity contribution in [1.82, 2.24) is 24.8 Å². The van der Waals surface area contributed by atoms with Gasteiger partial charge in [-0.2, -0.15) is 9.97 Å². The van der Waals surface area contributed by atoms with Crippen LogP contribution in [0.1, 0.15) is 38.1 Å². The van der Waals surface area contributed by atoms with Crippen molar-refractivity contribution in [2.24, 2.45) is 5.92 Å². The number of carbonyl (C=O) groups excluding carboxylic acids is 2. The molecule has 5 atom stereocenters. The van der Waals surface area contributed by atoms with Crippen LogP contribution < -0.4 is 20.3 Å². The number of carbonyl (C=O) groups is 2. The van der Waals surface area contributed by atoms with E-state index in [0.717, 1.165) is 11.1 Å². The Bertz CT molecular complexity index is 2240. The lowest BCUT2D eigenvalue weighted by molar-refractivity contribution is -0.169. The van der Waals surface area contributed by atoms with Gasteiger partial charge in [0.1, 0.15) is 11.7 Å². The number of rotatable bonds is 13. The largest absolute Gasteiger partial charge is 0.425 e. The summed E-state index contributed by atoms with van der Waals surface area (Å²) in [4.78, 5) is 42.5. The average Bonchev–Trinajstić information content (AvgIpc) is 3.86. The van der Waals surface area contributed by atoms with E-state index in [-0.39, 0.29) is 47.9 Å². The highest BCUT2D eigenvalue weighted by molar-refractivity contribution is 5.98. The Morgan fingerprint density at radius 2 is 1.45 bits per heavy atom. The van der Waals surface area contributed by atoms with Crippen LogP contribution in [0.15, 0.2) is 128 Å². The van der Waals surface area contributed by atoms with E-state index < -0.39 is 24.0 Å².